The van der Waals surface area contributed by atoms with Crippen molar-refractivity contribution < 1.29 is 9.59 Å². The number of H-pyrrole nitrogens is 1. The molecular weight excluding hydrogens is 330 g/mol. The number of carbonyl (C=O) groups excluding carboxylic acids is 2. The molecule has 0 aromatic carbocycles. The van der Waals surface area contributed by atoms with Crippen molar-refractivity contribution in [2.75, 3.05) is 25.4 Å². The van der Waals surface area contributed by atoms with Gasteiger partial charge in [-0.2, -0.15) is 0 Å². The first-order valence-corrected chi connectivity index (χ1v) is 8.43. The van der Waals surface area contributed by atoms with Gasteiger partial charge in [0.2, 0.25) is 5.91 Å². The number of nitrogens with two attached hydrogens (primary N) is 2. The molecule has 2 amide bonds. The van der Waals surface area contributed by atoms with Crippen LogP contribution in [0, 0.1) is 5.41 Å². The molecule has 6 N–H and O–H groups in total. The molecule has 24 heavy (non-hydrogen) atoms. The van der Waals surface area contributed by atoms with Crippen LogP contribution in [0.15, 0.2) is 11.2 Å². The number of aromatic nitrogens is 1. The maximum atomic E-state index is 12.2. The Morgan fingerprint density at radius 2 is 2.00 bits per heavy atom. The van der Waals surface area contributed by atoms with Gasteiger partial charge in [-0.15, -0.1) is 0 Å². The van der Waals surface area contributed by atoms with Gasteiger partial charge >= 0.3 is 0 Å². The second-order valence-corrected chi connectivity index (χ2v) is 7.08. The number of rotatable bonds is 4. The lowest BCUT2D eigenvalue weighted by Crippen LogP contribution is -2.44. The van der Waals surface area contributed by atoms with Crippen LogP contribution in [0.4, 0.5) is 5.82 Å². The summed E-state index contributed by atoms with van der Waals surface area (Å²) in [5.41, 5.74) is 12.5. The SMILES string of the molecule is N/C(Cl)=C\c1cc(C(=O)NCC(=O)N2CCC3(CC2)CC3)[nH]c1N. The average molecular weight is 352 g/mol. The highest BCUT2D eigenvalue weighted by atomic mass is 35.5. The van der Waals surface area contributed by atoms with E-state index < -0.39 is 5.91 Å². The minimum absolute atomic E-state index is 0.0203. The third-order valence-electron chi connectivity index (χ3n) is 4.95. The molecule has 0 radical (unpaired) electrons. The van der Waals surface area contributed by atoms with E-state index in [0.29, 0.717) is 16.8 Å². The van der Waals surface area contributed by atoms with Crippen LogP contribution in [-0.4, -0.2) is 41.3 Å². The normalized spacial score (nSPS) is 19.4. The molecule has 1 spiro atoms. The zero-order valence-electron chi connectivity index (χ0n) is 13.4. The Balaban J connectivity index is 1.51. The number of piperidine rings is 1. The lowest BCUT2D eigenvalue weighted by molar-refractivity contribution is -0.131. The minimum Gasteiger partial charge on any atom is -0.389 e. The fourth-order valence-corrected chi connectivity index (χ4v) is 3.26. The second-order valence-electron chi connectivity index (χ2n) is 6.64. The van der Waals surface area contributed by atoms with Gasteiger partial charge in [0.1, 0.15) is 11.5 Å². The zero-order chi connectivity index (χ0) is 17.3. The number of amides is 2. The van der Waals surface area contributed by atoms with Gasteiger partial charge in [-0.3, -0.25) is 9.59 Å². The summed E-state index contributed by atoms with van der Waals surface area (Å²) in [4.78, 5) is 28.9. The maximum absolute atomic E-state index is 12.2. The van der Waals surface area contributed by atoms with Crippen molar-refractivity contribution >= 4 is 35.3 Å². The monoisotopic (exact) mass is 351 g/mol. The molecule has 1 aromatic heterocycles. The Morgan fingerprint density at radius 1 is 1.33 bits per heavy atom. The third-order valence-corrected chi connectivity index (χ3v) is 5.06. The number of nitrogen functional groups attached to an aromatic ring is 1. The molecule has 1 saturated heterocycles. The van der Waals surface area contributed by atoms with E-state index in [-0.39, 0.29) is 23.3 Å². The molecule has 8 heteroatoms. The average Bonchev–Trinajstić information content (AvgIpc) is 3.20. The molecule has 1 aliphatic carbocycles. The standard InChI is InChI=1S/C16H22ClN5O2/c17-12(18)8-10-7-11(21-14(10)19)15(24)20-9-13(23)22-5-3-16(1-2-16)4-6-22/h7-8,21H,1-6,9,18-19H2,(H,20,24)/b12-8-. The summed E-state index contributed by atoms with van der Waals surface area (Å²) in [6, 6.07) is 1.54. The summed E-state index contributed by atoms with van der Waals surface area (Å²) < 4.78 is 0. The number of aromatic amines is 1. The van der Waals surface area contributed by atoms with Crippen molar-refractivity contribution in [1.82, 2.24) is 15.2 Å². The predicted octanol–water partition coefficient (Wildman–Crippen LogP) is 1.23. The van der Waals surface area contributed by atoms with E-state index in [2.05, 4.69) is 10.3 Å². The van der Waals surface area contributed by atoms with Crippen molar-refractivity contribution in [3.05, 3.63) is 22.5 Å². The quantitative estimate of drug-likeness (QED) is 0.610. The summed E-state index contributed by atoms with van der Waals surface area (Å²) in [5, 5.41) is 2.70. The summed E-state index contributed by atoms with van der Waals surface area (Å²) in [6.07, 6.45) is 6.20. The highest BCUT2D eigenvalue weighted by Crippen LogP contribution is 2.53. The van der Waals surface area contributed by atoms with Gasteiger partial charge in [0.05, 0.1) is 11.7 Å². The molecular formula is C16H22ClN5O2. The first kappa shape index (κ1) is 16.7. The zero-order valence-corrected chi connectivity index (χ0v) is 14.2. The van der Waals surface area contributed by atoms with Crippen LogP contribution in [0.2, 0.25) is 0 Å². The van der Waals surface area contributed by atoms with Crippen molar-refractivity contribution in [2.45, 2.75) is 25.7 Å². The van der Waals surface area contributed by atoms with Gasteiger partial charge in [0.15, 0.2) is 0 Å². The van der Waals surface area contributed by atoms with Gasteiger partial charge in [-0.1, -0.05) is 11.6 Å². The van der Waals surface area contributed by atoms with Crippen LogP contribution >= 0.6 is 11.6 Å². The fraction of sp³-hybridized carbons (Fsp3) is 0.500. The smallest absolute Gasteiger partial charge is 0.268 e. The van der Waals surface area contributed by atoms with Gasteiger partial charge in [0.25, 0.3) is 5.91 Å². The molecule has 1 aliphatic heterocycles. The molecule has 2 aliphatic rings. The van der Waals surface area contributed by atoms with E-state index in [1.807, 2.05) is 4.90 Å². The second kappa shape index (κ2) is 6.39. The van der Waals surface area contributed by atoms with E-state index >= 15 is 0 Å². The van der Waals surface area contributed by atoms with E-state index in [1.165, 1.54) is 18.9 Å². The highest BCUT2D eigenvalue weighted by molar-refractivity contribution is 6.31. The lowest BCUT2D eigenvalue weighted by Gasteiger charge is -2.32. The number of hydrogen-bond acceptors (Lipinski definition) is 4. The Bertz CT molecular complexity index is 679. The Kier molecular flexibility index (Phi) is 4.45. The Labute approximate surface area is 145 Å². The number of carbonyl (C=O) groups is 2. The third kappa shape index (κ3) is 3.67. The summed E-state index contributed by atoms with van der Waals surface area (Å²) in [6.45, 7) is 1.55. The van der Waals surface area contributed by atoms with Crippen LogP contribution in [0.3, 0.4) is 0 Å². The molecule has 7 nitrogen and oxygen atoms in total. The number of hydrogen-bond donors (Lipinski definition) is 4. The van der Waals surface area contributed by atoms with Crippen molar-refractivity contribution in [3.8, 4) is 0 Å². The molecule has 0 atom stereocenters. The van der Waals surface area contributed by atoms with Gasteiger partial charge < -0.3 is 26.7 Å². The van der Waals surface area contributed by atoms with Gasteiger partial charge in [0, 0.05) is 18.7 Å². The van der Waals surface area contributed by atoms with Crippen molar-refractivity contribution in [1.29, 1.82) is 0 Å². The number of likely N-dealkylation sites (tertiary alicyclic amines) is 1. The number of anilines is 1. The largest absolute Gasteiger partial charge is 0.389 e. The Morgan fingerprint density at radius 3 is 2.58 bits per heavy atom. The Hall–Kier alpha value is -2.15. The number of nitrogens with one attached hydrogen (secondary N) is 2. The number of nitrogens with zero attached hydrogens (tertiary/aromatic N) is 1. The highest BCUT2D eigenvalue weighted by Gasteiger charge is 2.44. The van der Waals surface area contributed by atoms with Crippen molar-refractivity contribution in [2.24, 2.45) is 11.1 Å². The molecule has 2 fully saturated rings. The first-order valence-electron chi connectivity index (χ1n) is 8.06. The molecule has 0 bridgehead atoms. The van der Waals surface area contributed by atoms with Crippen LogP contribution in [0.25, 0.3) is 6.08 Å². The lowest BCUT2D eigenvalue weighted by atomic mass is 9.94. The first-order chi connectivity index (χ1) is 11.4. The number of halogens is 1. The molecule has 2 heterocycles. The molecule has 3 rings (SSSR count). The van der Waals surface area contributed by atoms with Crippen LogP contribution in [0.1, 0.15) is 41.7 Å². The topological polar surface area (TPSA) is 117 Å². The van der Waals surface area contributed by atoms with E-state index in [9.17, 15) is 9.59 Å². The van der Waals surface area contributed by atoms with Crippen LogP contribution in [-0.2, 0) is 4.79 Å². The fourth-order valence-electron chi connectivity index (χ4n) is 3.15. The van der Waals surface area contributed by atoms with E-state index in [0.717, 1.165) is 25.9 Å². The molecule has 1 aromatic rings. The van der Waals surface area contributed by atoms with Gasteiger partial charge in [-0.25, -0.2) is 0 Å². The summed E-state index contributed by atoms with van der Waals surface area (Å²) >= 11 is 5.61. The molecule has 130 valence electrons. The predicted molar refractivity (Wildman–Crippen MR) is 93.0 cm³/mol. The summed E-state index contributed by atoms with van der Waals surface area (Å²) in [7, 11) is 0. The van der Waals surface area contributed by atoms with E-state index in [4.69, 9.17) is 23.1 Å². The van der Waals surface area contributed by atoms with Crippen LogP contribution in [0.5, 0.6) is 0 Å². The minimum atomic E-state index is -0.390. The summed E-state index contributed by atoms with van der Waals surface area (Å²) in [5.74, 6) is -0.150. The van der Waals surface area contributed by atoms with Crippen molar-refractivity contribution in [3.63, 3.8) is 0 Å². The van der Waals surface area contributed by atoms with Gasteiger partial charge in [-0.05, 0) is 43.2 Å². The van der Waals surface area contributed by atoms with Crippen LogP contribution < -0.4 is 16.8 Å². The maximum Gasteiger partial charge on any atom is 0.268 e. The molecule has 0 unspecified atom stereocenters. The van der Waals surface area contributed by atoms with E-state index in [1.54, 1.807) is 6.07 Å². The molecule has 1 saturated carbocycles.